The van der Waals surface area contributed by atoms with Crippen LogP contribution in [0.5, 0.6) is 0 Å². The van der Waals surface area contributed by atoms with Gasteiger partial charge < -0.3 is 9.47 Å². The van der Waals surface area contributed by atoms with Crippen molar-refractivity contribution >= 4 is 0 Å². The van der Waals surface area contributed by atoms with E-state index in [0.29, 0.717) is 4.90 Å². The van der Waals surface area contributed by atoms with Gasteiger partial charge in [0.1, 0.15) is 0 Å². The van der Waals surface area contributed by atoms with Crippen LogP contribution >= 0.6 is 0 Å². The molecule has 1 fully saturated rings. The van der Waals surface area contributed by atoms with E-state index in [9.17, 15) is 17.6 Å². The summed E-state index contributed by atoms with van der Waals surface area (Å²) in [4.78, 5) is 0.381. The zero-order valence-electron chi connectivity index (χ0n) is 8.72. The van der Waals surface area contributed by atoms with E-state index in [1.165, 1.54) is 6.92 Å². The molecule has 0 unspecified atom stereocenters. The highest BCUT2D eigenvalue weighted by molar-refractivity contribution is 4.80. The number of morpholine rings is 1. The Hall–Kier alpha value is -0.470. The SMILES string of the molecule is CCOC(F)(F)C(F)(F)N1CCOCC1.F. The normalized spacial score (nSPS) is 19.3. The van der Waals surface area contributed by atoms with E-state index in [1.54, 1.807) is 0 Å². The average molecular weight is 251 g/mol. The van der Waals surface area contributed by atoms with Gasteiger partial charge in [0.25, 0.3) is 0 Å². The molecule has 0 aliphatic carbocycles. The van der Waals surface area contributed by atoms with E-state index in [0.717, 1.165) is 0 Å². The molecule has 0 radical (unpaired) electrons. The Morgan fingerprint density at radius 3 is 2.12 bits per heavy atom. The van der Waals surface area contributed by atoms with Crippen LogP contribution in [0.2, 0.25) is 0 Å². The third-order valence-electron chi connectivity index (χ3n) is 2.08. The average Bonchev–Trinajstić information content (AvgIpc) is 2.19. The van der Waals surface area contributed by atoms with Crippen molar-refractivity contribution in [3.8, 4) is 0 Å². The lowest BCUT2D eigenvalue weighted by Crippen LogP contribution is -2.58. The lowest BCUT2D eigenvalue weighted by atomic mass is 10.3. The maximum Gasteiger partial charge on any atom is 0.434 e. The van der Waals surface area contributed by atoms with Gasteiger partial charge in [-0.05, 0) is 6.92 Å². The molecule has 0 aromatic heterocycles. The molecule has 0 N–H and O–H groups in total. The first kappa shape index (κ1) is 15.5. The van der Waals surface area contributed by atoms with E-state index in [1.807, 2.05) is 0 Å². The van der Waals surface area contributed by atoms with Crippen LogP contribution in [0.25, 0.3) is 0 Å². The molecule has 0 amide bonds. The van der Waals surface area contributed by atoms with Crippen LogP contribution in [0.4, 0.5) is 22.3 Å². The lowest BCUT2D eigenvalue weighted by molar-refractivity contribution is -0.393. The van der Waals surface area contributed by atoms with Crippen LogP contribution in [0, 0.1) is 0 Å². The number of alkyl halides is 4. The lowest BCUT2D eigenvalue weighted by Gasteiger charge is -2.37. The van der Waals surface area contributed by atoms with E-state index in [-0.39, 0.29) is 31.0 Å². The zero-order valence-corrected chi connectivity index (χ0v) is 8.72. The van der Waals surface area contributed by atoms with Crippen molar-refractivity contribution in [1.82, 2.24) is 4.90 Å². The quantitative estimate of drug-likeness (QED) is 0.560. The molecule has 3 nitrogen and oxygen atoms in total. The molecule has 0 atom stereocenters. The largest absolute Gasteiger partial charge is 0.434 e. The summed E-state index contributed by atoms with van der Waals surface area (Å²) in [7, 11) is 0. The van der Waals surface area contributed by atoms with Gasteiger partial charge in [0, 0.05) is 13.1 Å². The van der Waals surface area contributed by atoms with Crippen LogP contribution in [0.1, 0.15) is 6.92 Å². The fraction of sp³-hybridized carbons (Fsp3) is 1.00. The second kappa shape index (κ2) is 5.74. The fourth-order valence-corrected chi connectivity index (χ4v) is 1.30. The van der Waals surface area contributed by atoms with Crippen molar-refractivity contribution in [2.24, 2.45) is 0 Å². The molecule has 1 heterocycles. The Balaban J connectivity index is 0.00000225. The summed E-state index contributed by atoms with van der Waals surface area (Å²) >= 11 is 0. The molecule has 1 aliphatic heterocycles. The van der Waals surface area contributed by atoms with Gasteiger partial charge in [0.05, 0.1) is 19.8 Å². The summed E-state index contributed by atoms with van der Waals surface area (Å²) in [6.45, 7) is 0.372. The van der Waals surface area contributed by atoms with Crippen molar-refractivity contribution in [1.29, 1.82) is 0 Å². The van der Waals surface area contributed by atoms with E-state index in [2.05, 4.69) is 4.74 Å². The molecule has 0 spiro atoms. The summed E-state index contributed by atoms with van der Waals surface area (Å²) in [5.74, 6) is 0. The molecule has 16 heavy (non-hydrogen) atoms. The van der Waals surface area contributed by atoms with E-state index >= 15 is 0 Å². The minimum Gasteiger partial charge on any atom is -0.379 e. The van der Waals surface area contributed by atoms with Gasteiger partial charge in [-0.25, -0.2) is 4.90 Å². The maximum atomic E-state index is 13.3. The molecule has 1 saturated heterocycles. The number of hydrogen-bond acceptors (Lipinski definition) is 3. The number of ether oxygens (including phenoxy) is 2. The van der Waals surface area contributed by atoms with Gasteiger partial charge in [0.15, 0.2) is 0 Å². The van der Waals surface area contributed by atoms with Crippen molar-refractivity contribution < 1.29 is 31.7 Å². The summed E-state index contributed by atoms with van der Waals surface area (Å²) in [5.41, 5.74) is 0. The predicted molar refractivity (Wildman–Crippen MR) is 46.4 cm³/mol. The molecular weight excluding hydrogens is 237 g/mol. The van der Waals surface area contributed by atoms with Gasteiger partial charge in [-0.1, -0.05) is 0 Å². The van der Waals surface area contributed by atoms with Crippen molar-refractivity contribution in [2.45, 2.75) is 19.1 Å². The van der Waals surface area contributed by atoms with Crippen LogP contribution in [-0.4, -0.2) is 50.0 Å². The minimum atomic E-state index is -4.46. The highest BCUT2D eigenvalue weighted by atomic mass is 19.3. The third-order valence-corrected chi connectivity index (χ3v) is 2.08. The summed E-state index contributed by atoms with van der Waals surface area (Å²) in [6, 6.07) is -4.28. The molecule has 0 aromatic rings. The molecule has 0 bridgehead atoms. The fourth-order valence-electron chi connectivity index (χ4n) is 1.30. The standard InChI is InChI=1S/C8H13F4NO2.FH/c1-2-15-8(11,12)7(9,10)13-3-5-14-6-4-13;/h2-6H2,1H3;1H. The van der Waals surface area contributed by atoms with Crippen LogP contribution in [0.3, 0.4) is 0 Å². The molecule has 0 saturated carbocycles. The Morgan fingerprint density at radius 1 is 1.19 bits per heavy atom. The van der Waals surface area contributed by atoms with Crippen molar-refractivity contribution in [2.75, 3.05) is 32.9 Å². The van der Waals surface area contributed by atoms with Gasteiger partial charge in [0.2, 0.25) is 0 Å². The second-order valence-electron chi connectivity index (χ2n) is 3.09. The second-order valence-corrected chi connectivity index (χ2v) is 3.09. The van der Waals surface area contributed by atoms with Crippen molar-refractivity contribution in [3.05, 3.63) is 0 Å². The minimum absolute atomic E-state index is 0. The molecular formula is C8H14F5NO2. The molecule has 1 aliphatic rings. The number of rotatable bonds is 4. The number of halogens is 5. The molecule has 0 aromatic carbocycles. The Kier molecular flexibility index (Phi) is 5.57. The van der Waals surface area contributed by atoms with Crippen LogP contribution in [-0.2, 0) is 9.47 Å². The highest BCUT2D eigenvalue weighted by Crippen LogP contribution is 2.38. The van der Waals surface area contributed by atoms with E-state index < -0.39 is 18.8 Å². The summed E-state index contributed by atoms with van der Waals surface area (Å²) in [5, 5.41) is 0. The molecule has 8 heteroatoms. The topological polar surface area (TPSA) is 21.7 Å². The number of hydrogen-bond donors (Lipinski definition) is 0. The van der Waals surface area contributed by atoms with Crippen molar-refractivity contribution in [3.63, 3.8) is 0 Å². The first-order chi connectivity index (χ1) is 6.92. The Morgan fingerprint density at radius 2 is 1.69 bits per heavy atom. The first-order valence-electron chi connectivity index (χ1n) is 4.64. The first-order valence-corrected chi connectivity index (χ1v) is 4.64. The predicted octanol–water partition coefficient (Wildman–Crippen LogP) is 1.69. The smallest absolute Gasteiger partial charge is 0.379 e. The number of nitrogens with zero attached hydrogens (tertiary/aromatic N) is 1. The van der Waals surface area contributed by atoms with Gasteiger partial charge in [-0.15, -0.1) is 0 Å². The summed E-state index contributed by atoms with van der Waals surface area (Å²) < 4.78 is 61.0. The summed E-state index contributed by atoms with van der Waals surface area (Å²) in [6.07, 6.45) is -4.46. The highest BCUT2D eigenvalue weighted by Gasteiger charge is 2.61. The van der Waals surface area contributed by atoms with Crippen LogP contribution in [0.15, 0.2) is 0 Å². The van der Waals surface area contributed by atoms with Gasteiger partial charge >= 0.3 is 12.2 Å². The maximum absolute atomic E-state index is 13.3. The van der Waals surface area contributed by atoms with Crippen LogP contribution < -0.4 is 0 Å². The molecule has 98 valence electrons. The van der Waals surface area contributed by atoms with E-state index in [4.69, 9.17) is 4.74 Å². The Labute approximate surface area is 89.7 Å². The zero-order chi connectivity index (χ0) is 11.5. The third kappa shape index (κ3) is 3.02. The Bertz CT molecular complexity index is 209. The monoisotopic (exact) mass is 251 g/mol. The van der Waals surface area contributed by atoms with Gasteiger partial charge in [-0.3, -0.25) is 4.70 Å². The van der Waals surface area contributed by atoms with Gasteiger partial charge in [-0.2, -0.15) is 17.6 Å². The molecule has 1 rings (SSSR count).